The molecule has 1 N–H and O–H groups in total. The molecule has 0 saturated carbocycles. The molecule has 1 aromatic rings. The van der Waals surface area contributed by atoms with Crippen molar-refractivity contribution in [1.29, 1.82) is 0 Å². The Bertz CT molecular complexity index is 503. The number of amides is 1. The lowest BCUT2D eigenvalue weighted by molar-refractivity contribution is -0.145. The van der Waals surface area contributed by atoms with E-state index in [1.54, 1.807) is 13.0 Å². The molecule has 2 atom stereocenters. The van der Waals surface area contributed by atoms with Gasteiger partial charge in [0.25, 0.3) is 5.91 Å². The first-order valence-electron chi connectivity index (χ1n) is 6.30. The molecule has 0 bridgehead atoms. The smallest absolute Gasteiger partial charge is 0.326 e. The van der Waals surface area contributed by atoms with E-state index < -0.39 is 23.7 Å². The molecule has 102 valence electrons. The lowest BCUT2D eigenvalue weighted by atomic mass is 9.90. The second-order valence-corrected chi connectivity index (χ2v) is 4.88. The number of halogens is 1. The molecule has 2 unspecified atom stereocenters. The number of rotatable bonds is 2. The molecule has 0 aromatic heterocycles. The Morgan fingerprint density at radius 1 is 1.37 bits per heavy atom. The standard InChI is InChI=1S/C14H16FNO3/c1-9-5-4-8-16(12(9)14(18)19)13(17)10-6-2-3-7-11(10)15/h2-3,6-7,9,12H,4-5,8H2,1H3,(H,18,19). The summed E-state index contributed by atoms with van der Waals surface area (Å²) in [5.41, 5.74) is -0.0668. The summed E-state index contributed by atoms with van der Waals surface area (Å²) in [7, 11) is 0. The van der Waals surface area contributed by atoms with Gasteiger partial charge in [-0.25, -0.2) is 9.18 Å². The van der Waals surface area contributed by atoms with Gasteiger partial charge in [-0.15, -0.1) is 0 Å². The van der Waals surface area contributed by atoms with Crippen LogP contribution in [0.4, 0.5) is 4.39 Å². The van der Waals surface area contributed by atoms with Gasteiger partial charge in [-0.2, -0.15) is 0 Å². The molecule has 1 saturated heterocycles. The third-order valence-corrected chi connectivity index (χ3v) is 3.55. The zero-order chi connectivity index (χ0) is 14.0. The van der Waals surface area contributed by atoms with Gasteiger partial charge >= 0.3 is 5.97 Å². The maximum atomic E-state index is 13.6. The van der Waals surface area contributed by atoms with E-state index in [4.69, 9.17) is 0 Å². The van der Waals surface area contributed by atoms with Crippen LogP contribution >= 0.6 is 0 Å². The minimum atomic E-state index is -1.03. The molecule has 1 aliphatic heterocycles. The second kappa shape index (κ2) is 5.38. The van der Waals surface area contributed by atoms with Crippen molar-refractivity contribution >= 4 is 11.9 Å². The van der Waals surface area contributed by atoms with Crippen molar-refractivity contribution in [3.05, 3.63) is 35.6 Å². The van der Waals surface area contributed by atoms with Crippen molar-refractivity contribution in [2.24, 2.45) is 5.92 Å². The molecule has 5 heteroatoms. The van der Waals surface area contributed by atoms with Crippen LogP contribution in [0.15, 0.2) is 24.3 Å². The Labute approximate surface area is 110 Å². The van der Waals surface area contributed by atoms with Crippen molar-refractivity contribution in [2.75, 3.05) is 6.54 Å². The molecule has 19 heavy (non-hydrogen) atoms. The number of hydrogen-bond acceptors (Lipinski definition) is 2. The van der Waals surface area contributed by atoms with E-state index >= 15 is 0 Å². The lowest BCUT2D eigenvalue weighted by Gasteiger charge is -2.37. The predicted octanol–water partition coefficient (Wildman–Crippen LogP) is 2.15. The monoisotopic (exact) mass is 265 g/mol. The Hall–Kier alpha value is -1.91. The summed E-state index contributed by atoms with van der Waals surface area (Å²) in [6.07, 6.45) is 1.50. The Balaban J connectivity index is 2.31. The Morgan fingerprint density at radius 3 is 2.68 bits per heavy atom. The Kier molecular flexibility index (Phi) is 3.83. The number of nitrogens with zero attached hydrogens (tertiary/aromatic N) is 1. The van der Waals surface area contributed by atoms with Gasteiger partial charge in [0, 0.05) is 6.54 Å². The van der Waals surface area contributed by atoms with Crippen molar-refractivity contribution < 1.29 is 19.1 Å². The normalized spacial score (nSPS) is 23.2. The summed E-state index contributed by atoms with van der Waals surface area (Å²) in [6, 6.07) is 4.78. The van der Waals surface area contributed by atoms with Crippen molar-refractivity contribution in [3.63, 3.8) is 0 Å². The molecule has 1 aromatic carbocycles. The van der Waals surface area contributed by atoms with Crippen LogP contribution in [-0.2, 0) is 4.79 Å². The summed E-state index contributed by atoms with van der Waals surface area (Å²) in [5.74, 6) is -2.31. The first-order valence-corrected chi connectivity index (χ1v) is 6.30. The van der Waals surface area contributed by atoms with Gasteiger partial charge < -0.3 is 10.0 Å². The van der Waals surface area contributed by atoms with Gasteiger partial charge in [-0.3, -0.25) is 4.79 Å². The van der Waals surface area contributed by atoms with Crippen LogP contribution in [-0.4, -0.2) is 34.5 Å². The molecular formula is C14H16FNO3. The summed E-state index contributed by atoms with van der Waals surface area (Å²) < 4.78 is 13.6. The second-order valence-electron chi connectivity index (χ2n) is 4.88. The van der Waals surface area contributed by atoms with Crippen LogP contribution in [0.2, 0.25) is 0 Å². The highest BCUT2D eigenvalue weighted by Gasteiger charge is 2.37. The number of carbonyl (C=O) groups excluding carboxylic acids is 1. The number of carbonyl (C=O) groups is 2. The molecular weight excluding hydrogens is 249 g/mol. The van der Waals surface area contributed by atoms with Gasteiger partial charge in [0.1, 0.15) is 11.9 Å². The van der Waals surface area contributed by atoms with Gasteiger partial charge in [-0.1, -0.05) is 19.1 Å². The fourth-order valence-electron chi connectivity index (χ4n) is 2.58. The average Bonchev–Trinajstić information content (AvgIpc) is 2.37. The average molecular weight is 265 g/mol. The SMILES string of the molecule is CC1CCCN(C(=O)c2ccccc2F)C1C(=O)O. The number of benzene rings is 1. The fraction of sp³-hybridized carbons (Fsp3) is 0.429. The van der Waals surface area contributed by atoms with E-state index in [1.165, 1.54) is 23.1 Å². The first-order chi connectivity index (χ1) is 9.02. The largest absolute Gasteiger partial charge is 0.480 e. The van der Waals surface area contributed by atoms with Crippen molar-refractivity contribution in [2.45, 2.75) is 25.8 Å². The van der Waals surface area contributed by atoms with Crippen LogP contribution in [0.5, 0.6) is 0 Å². The zero-order valence-corrected chi connectivity index (χ0v) is 10.7. The first kappa shape index (κ1) is 13.5. The molecule has 1 fully saturated rings. The van der Waals surface area contributed by atoms with Crippen LogP contribution in [0.25, 0.3) is 0 Å². The van der Waals surface area contributed by atoms with E-state index in [-0.39, 0.29) is 11.5 Å². The molecule has 1 amide bonds. The number of carboxylic acids is 1. The van der Waals surface area contributed by atoms with Crippen molar-refractivity contribution in [3.8, 4) is 0 Å². The van der Waals surface area contributed by atoms with E-state index in [0.29, 0.717) is 6.54 Å². The zero-order valence-electron chi connectivity index (χ0n) is 10.7. The third-order valence-electron chi connectivity index (χ3n) is 3.55. The Morgan fingerprint density at radius 2 is 2.05 bits per heavy atom. The minimum Gasteiger partial charge on any atom is -0.480 e. The summed E-state index contributed by atoms with van der Waals surface area (Å²) >= 11 is 0. The van der Waals surface area contributed by atoms with E-state index in [1.807, 2.05) is 0 Å². The fourth-order valence-corrected chi connectivity index (χ4v) is 2.58. The molecule has 4 nitrogen and oxygen atoms in total. The van der Waals surface area contributed by atoms with Crippen molar-refractivity contribution in [1.82, 2.24) is 4.90 Å². The predicted molar refractivity (Wildman–Crippen MR) is 67.3 cm³/mol. The number of aliphatic carboxylic acids is 1. The van der Waals surface area contributed by atoms with Gasteiger partial charge in [0.2, 0.25) is 0 Å². The minimum absolute atomic E-state index is 0.0668. The van der Waals surface area contributed by atoms with Crippen LogP contribution in [0.3, 0.4) is 0 Å². The number of piperidine rings is 1. The molecule has 1 heterocycles. The topological polar surface area (TPSA) is 57.6 Å². The highest BCUT2D eigenvalue weighted by atomic mass is 19.1. The molecule has 0 spiro atoms. The summed E-state index contributed by atoms with van der Waals surface area (Å²) in [5, 5.41) is 9.26. The van der Waals surface area contributed by atoms with Crippen LogP contribution < -0.4 is 0 Å². The van der Waals surface area contributed by atoms with Gasteiger partial charge in [-0.05, 0) is 30.9 Å². The van der Waals surface area contributed by atoms with Crippen LogP contribution in [0.1, 0.15) is 30.1 Å². The number of likely N-dealkylation sites (tertiary alicyclic amines) is 1. The van der Waals surface area contributed by atoms with E-state index in [9.17, 15) is 19.1 Å². The summed E-state index contributed by atoms with van der Waals surface area (Å²) in [6.45, 7) is 2.16. The summed E-state index contributed by atoms with van der Waals surface area (Å²) in [4.78, 5) is 24.9. The van der Waals surface area contributed by atoms with Gasteiger partial charge in [0.15, 0.2) is 0 Å². The highest BCUT2D eigenvalue weighted by Crippen LogP contribution is 2.25. The molecule has 1 aliphatic rings. The maximum Gasteiger partial charge on any atom is 0.326 e. The van der Waals surface area contributed by atoms with Gasteiger partial charge in [0.05, 0.1) is 5.56 Å². The number of hydrogen-bond donors (Lipinski definition) is 1. The van der Waals surface area contributed by atoms with E-state index in [0.717, 1.165) is 12.8 Å². The number of carboxylic acid groups (broad SMARTS) is 1. The van der Waals surface area contributed by atoms with Crippen LogP contribution in [0, 0.1) is 11.7 Å². The maximum absolute atomic E-state index is 13.6. The molecule has 0 radical (unpaired) electrons. The third kappa shape index (κ3) is 2.59. The lowest BCUT2D eigenvalue weighted by Crippen LogP contribution is -2.52. The quantitative estimate of drug-likeness (QED) is 0.891. The molecule has 0 aliphatic carbocycles. The highest BCUT2D eigenvalue weighted by molar-refractivity contribution is 5.97. The molecule has 2 rings (SSSR count). The van der Waals surface area contributed by atoms with E-state index in [2.05, 4.69) is 0 Å².